The molecule has 2 aromatic rings. The van der Waals surface area contributed by atoms with Crippen LogP contribution in [-0.4, -0.2) is 53.4 Å². The normalized spacial score (nSPS) is 14.9. The monoisotopic (exact) mass is 504 g/mol. The summed E-state index contributed by atoms with van der Waals surface area (Å²) in [4.78, 5) is 13.5. The zero-order valence-electron chi connectivity index (χ0n) is 15.9. The smallest absolute Gasteiger partial charge is 0.205 e. The Morgan fingerprint density at radius 3 is 2.63 bits per heavy atom. The largest absolute Gasteiger partial charge is 0.352 e. The second kappa shape index (κ2) is 10.2. The van der Waals surface area contributed by atoms with Crippen LogP contribution in [0.25, 0.3) is 0 Å². The van der Waals surface area contributed by atoms with E-state index in [1.165, 1.54) is 17.6 Å². The van der Waals surface area contributed by atoms with Crippen molar-refractivity contribution < 1.29 is 4.39 Å². The zero-order chi connectivity index (χ0) is 18.5. The van der Waals surface area contributed by atoms with Crippen molar-refractivity contribution in [2.45, 2.75) is 26.8 Å². The number of piperazine rings is 1. The van der Waals surface area contributed by atoms with Gasteiger partial charge in [0, 0.05) is 57.7 Å². The Balaban J connectivity index is 0.00000261. The summed E-state index contributed by atoms with van der Waals surface area (Å²) in [6.07, 6.45) is 0.871. The first kappa shape index (κ1) is 21.8. The maximum absolute atomic E-state index is 13.4. The van der Waals surface area contributed by atoms with Crippen LogP contribution in [0.15, 0.2) is 23.2 Å². The molecular formula is C18H26FIN6S. The summed E-state index contributed by atoms with van der Waals surface area (Å²) >= 11 is 1.48. The van der Waals surface area contributed by atoms with Crippen LogP contribution in [0.3, 0.4) is 0 Å². The molecule has 27 heavy (non-hydrogen) atoms. The lowest BCUT2D eigenvalue weighted by Gasteiger charge is -2.36. The van der Waals surface area contributed by atoms with Crippen LogP contribution in [0.5, 0.6) is 0 Å². The summed E-state index contributed by atoms with van der Waals surface area (Å²) in [6.45, 7) is 8.03. The van der Waals surface area contributed by atoms with Crippen LogP contribution in [-0.2, 0) is 13.0 Å². The number of rotatable bonds is 4. The molecule has 0 saturated carbocycles. The van der Waals surface area contributed by atoms with Crippen LogP contribution in [0.1, 0.15) is 23.9 Å². The highest BCUT2D eigenvalue weighted by atomic mass is 127. The van der Waals surface area contributed by atoms with Crippen molar-refractivity contribution in [2.24, 2.45) is 4.99 Å². The summed E-state index contributed by atoms with van der Waals surface area (Å²) in [6, 6.07) is 5.19. The first-order valence-electron chi connectivity index (χ1n) is 8.89. The first-order valence-corrected chi connectivity index (χ1v) is 9.66. The number of hydrogen-bond acceptors (Lipinski definition) is 5. The summed E-state index contributed by atoms with van der Waals surface area (Å²) in [5.41, 5.74) is 1.71. The molecule has 1 aliphatic rings. The van der Waals surface area contributed by atoms with Gasteiger partial charge >= 0.3 is 0 Å². The van der Waals surface area contributed by atoms with Crippen LogP contribution in [0.2, 0.25) is 0 Å². The third-order valence-electron chi connectivity index (χ3n) is 4.51. The minimum Gasteiger partial charge on any atom is -0.352 e. The van der Waals surface area contributed by atoms with Gasteiger partial charge in [-0.15, -0.1) is 24.0 Å². The lowest BCUT2D eigenvalue weighted by molar-refractivity contribution is 0.372. The quantitative estimate of drug-likeness (QED) is 0.394. The molecule has 1 saturated heterocycles. The number of aliphatic imine (C=N–C) groups is 1. The number of nitrogens with one attached hydrogen (secondary N) is 1. The fourth-order valence-corrected chi connectivity index (χ4v) is 3.76. The summed E-state index contributed by atoms with van der Waals surface area (Å²) < 4.78 is 17.8. The minimum atomic E-state index is -0.169. The van der Waals surface area contributed by atoms with Crippen molar-refractivity contribution in [2.75, 3.05) is 38.1 Å². The second-order valence-electron chi connectivity index (χ2n) is 6.31. The highest BCUT2D eigenvalue weighted by Crippen LogP contribution is 2.19. The molecular weight excluding hydrogens is 478 g/mol. The van der Waals surface area contributed by atoms with Crippen LogP contribution < -0.4 is 10.2 Å². The average molecular weight is 504 g/mol. The van der Waals surface area contributed by atoms with Gasteiger partial charge in [-0.1, -0.05) is 19.1 Å². The molecule has 3 rings (SSSR count). The van der Waals surface area contributed by atoms with Gasteiger partial charge in [0.05, 0.1) is 0 Å². The van der Waals surface area contributed by atoms with E-state index in [4.69, 9.17) is 0 Å². The van der Waals surface area contributed by atoms with E-state index in [1.807, 2.05) is 6.07 Å². The number of nitrogens with zero attached hydrogens (tertiary/aromatic N) is 5. The third kappa shape index (κ3) is 5.50. The van der Waals surface area contributed by atoms with Gasteiger partial charge in [0.2, 0.25) is 5.13 Å². The van der Waals surface area contributed by atoms with E-state index in [-0.39, 0.29) is 29.8 Å². The topological polar surface area (TPSA) is 56.7 Å². The predicted octanol–water partition coefficient (Wildman–Crippen LogP) is 3.06. The van der Waals surface area contributed by atoms with E-state index in [0.717, 1.165) is 55.1 Å². The molecule has 0 aliphatic carbocycles. The Morgan fingerprint density at radius 1 is 1.30 bits per heavy atom. The number of guanidine groups is 1. The lowest BCUT2D eigenvalue weighted by atomic mass is 10.1. The molecule has 0 radical (unpaired) electrons. The fourth-order valence-electron chi connectivity index (χ4n) is 2.96. The molecule has 148 valence electrons. The minimum absolute atomic E-state index is 0. The number of aryl methyl sites for hydroxylation is 2. The fraction of sp³-hybridized carbons (Fsp3) is 0.500. The summed E-state index contributed by atoms with van der Waals surface area (Å²) in [7, 11) is 1.79. The SMILES string of the molecule is CCc1nsc(N2CCN(C(=NC)NCc3ccc(F)c(C)c3)CC2)n1.I. The maximum Gasteiger partial charge on any atom is 0.205 e. The van der Waals surface area contributed by atoms with Crippen molar-refractivity contribution >= 4 is 46.6 Å². The Hall–Kier alpha value is -1.49. The number of halogens is 2. The van der Waals surface area contributed by atoms with Crippen LogP contribution in [0, 0.1) is 12.7 Å². The summed E-state index contributed by atoms with van der Waals surface area (Å²) in [5, 5.41) is 4.39. The molecule has 0 amide bonds. The third-order valence-corrected chi connectivity index (χ3v) is 5.32. The predicted molar refractivity (Wildman–Crippen MR) is 120 cm³/mol. The van der Waals surface area contributed by atoms with E-state index in [1.54, 1.807) is 20.0 Å². The summed E-state index contributed by atoms with van der Waals surface area (Å²) in [5.74, 6) is 1.62. The Bertz CT molecular complexity index is 773. The lowest BCUT2D eigenvalue weighted by Crippen LogP contribution is -2.52. The molecule has 1 aliphatic heterocycles. The zero-order valence-corrected chi connectivity index (χ0v) is 19.1. The molecule has 1 aromatic heterocycles. The Labute approximate surface area is 181 Å². The van der Waals surface area contributed by atoms with Gasteiger partial charge in [0.15, 0.2) is 5.96 Å². The van der Waals surface area contributed by atoms with Crippen molar-refractivity contribution in [3.8, 4) is 0 Å². The molecule has 1 aromatic carbocycles. The molecule has 0 bridgehead atoms. The molecule has 2 heterocycles. The molecule has 9 heteroatoms. The van der Waals surface area contributed by atoms with Gasteiger partial charge < -0.3 is 15.1 Å². The highest BCUT2D eigenvalue weighted by molar-refractivity contribution is 14.0. The van der Waals surface area contributed by atoms with Gasteiger partial charge in [-0.2, -0.15) is 4.37 Å². The number of anilines is 1. The Morgan fingerprint density at radius 2 is 2.04 bits per heavy atom. The van der Waals surface area contributed by atoms with E-state index >= 15 is 0 Å². The molecule has 0 unspecified atom stereocenters. The first-order chi connectivity index (χ1) is 12.6. The number of hydrogen-bond donors (Lipinski definition) is 1. The molecule has 6 nitrogen and oxygen atoms in total. The van der Waals surface area contributed by atoms with Gasteiger partial charge in [-0.05, 0) is 24.1 Å². The van der Waals surface area contributed by atoms with E-state index in [2.05, 4.69) is 36.4 Å². The van der Waals surface area contributed by atoms with Gasteiger partial charge in [0.1, 0.15) is 11.6 Å². The van der Waals surface area contributed by atoms with Gasteiger partial charge in [0.25, 0.3) is 0 Å². The van der Waals surface area contributed by atoms with Crippen molar-refractivity contribution in [3.63, 3.8) is 0 Å². The highest BCUT2D eigenvalue weighted by Gasteiger charge is 2.22. The van der Waals surface area contributed by atoms with Crippen molar-refractivity contribution in [1.82, 2.24) is 19.6 Å². The molecule has 0 spiro atoms. The van der Waals surface area contributed by atoms with Crippen LogP contribution >= 0.6 is 35.5 Å². The average Bonchev–Trinajstić information content (AvgIpc) is 3.15. The van der Waals surface area contributed by atoms with Gasteiger partial charge in [-0.25, -0.2) is 9.37 Å². The van der Waals surface area contributed by atoms with Gasteiger partial charge in [-0.3, -0.25) is 4.99 Å². The second-order valence-corrected chi connectivity index (χ2v) is 7.04. The van der Waals surface area contributed by atoms with Crippen molar-refractivity contribution in [3.05, 3.63) is 41.0 Å². The van der Waals surface area contributed by atoms with Crippen molar-refractivity contribution in [1.29, 1.82) is 0 Å². The number of aromatic nitrogens is 2. The molecule has 1 N–H and O–H groups in total. The van der Waals surface area contributed by atoms with E-state index in [9.17, 15) is 4.39 Å². The van der Waals surface area contributed by atoms with Crippen LogP contribution in [0.4, 0.5) is 9.52 Å². The number of benzene rings is 1. The van der Waals surface area contributed by atoms with E-state index < -0.39 is 0 Å². The standard InChI is InChI=1S/C18H25FN6S.HI/c1-4-16-22-18(26-23-16)25-9-7-24(8-10-25)17(20-3)21-12-14-5-6-15(19)13(2)11-14;/h5-6,11H,4,7-10,12H2,1-3H3,(H,20,21);1H. The molecule has 0 atom stereocenters. The molecule has 1 fully saturated rings. The maximum atomic E-state index is 13.4. The Kier molecular flexibility index (Phi) is 8.21. The van der Waals surface area contributed by atoms with E-state index in [0.29, 0.717) is 12.1 Å².